The van der Waals surface area contributed by atoms with Crippen LogP contribution in [0.4, 0.5) is 5.69 Å². The molecule has 2 aliphatic rings. The molecule has 2 aromatic rings. The minimum absolute atomic E-state index is 0.0204. The van der Waals surface area contributed by atoms with Crippen LogP contribution in [0.5, 0.6) is 0 Å². The molecule has 4 heterocycles. The van der Waals surface area contributed by atoms with Crippen molar-refractivity contribution in [2.24, 2.45) is 0 Å². The van der Waals surface area contributed by atoms with Gasteiger partial charge in [-0.25, -0.2) is 0 Å². The summed E-state index contributed by atoms with van der Waals surface area (Å²) in [5.41, 5.74) is 2.25. The van der Waals surface area contributed by atoms with Crippen molar-refractivity contribution in [1.82, 2.24) is 19.8 Å². The molecule has 2 aromatic heterocycles. The molecule has 0 radical (unpaired) electrons. The first-order valence-corrected chi connectivity index (χ1v) is 10.3. The maximum Gasteiger partial charge on any atom is 0.271 e. The third-order valence-electron chi connectivity index (χ3n) is 5.50. The van der Waals surface area contributed by atoms with E-state index in [9.17, 15) is 9.59 Å². The van der Waals surface area contributed by atoms with Crippen LogP contribution in [0.3, 0.4) is 0 Å². The van der Waals surface area contributed by atoms with Crippen LogP contribution in [0, 0.1) is 0 Å². The molecule has 4 rings (SSSR count). The standard InChI is InChI=1S/C22H27N5O3/c28-21(2-1-8-26-10-12-30-13-11-26)27-9-5-19(16-27)25-20-14-18(15-24-22(20)29)17-3-6-23-7-4-17/h1-4,6-7,14-15,19,25H,5,8-13,16H2,(H,24,29)/b2-1+/t19-/m1/s1. The third-order valence-corrected chi connectivity index (χ3v) is 5.50. The Bertz CT molecular complexity index is 937. The van der Waals surface area contributed by atoms with E-state index in [4.69, 9.17) is 4.74 Å². The van der Waals surface area contributed by atoms with Crippen LogP contribution in [-0.2, 0) is 9.53 Å². The molecule has 0 aliphatic carbocycles. The van der Waals surface area contributed by atoms with E-state index >= 15 is 0 Å². The van der Waals surface area contributed by atoms with Crippen LogP contribution in [0.1, 0.15) is 6.42 Å². The van der Waals surface area contributed by atoms with Crippen molar-refractivity contribution in [3.05, 3.63) is 59.3 Å². The number of ether oxygens (including phenoxy) is 1. The monoisotopic (exact) mass is 409 g/mol. The fraction of sp³-hybridized carbons (Fsp3) is 0.409. The minimum Gasteiger partial charge on any atom is -0.379 e. The Balaban J connectivity index is 1.32. The number of nitrogens with zero attached hydrogens (tertiary/aromatic N) is 3. The van der Waals surface area contributed by atoms with Gasteiger partial charge in [0.15, 0.2) is 0 Å². The fourth-order valence-electron chi connectivity index (χ4n) is 3.79. The summed E-state index contributed by atoms with van der Waals surface area (Å²) in [4.78, 5) is 35.7. The van der Waals surface area contributed by atoms with Crippen molar-refractivity contribution in [3.8, 4) is 11.1 Å². The SMILES string of the molecule is O=C(/C=C/CN1CCOCC1)N1CC[C@@H](Nc2cc(-c3ccncc3)c[nH]c2=O)C1. The van der Waals surface area contributed by atoms with Gasteiger partial charge in [-0.15, -0.1) is 0 Å². The second-order valence-electron chi connectivity index (χ2n) is 7.60. The number of anilines is 1. The van der Waals surface area contributed by atoms with Crippen molar-refractivity contribution < 1.29 is 9.53 Å². The largest absolute Gasteiger partial charge is 0.379 e. The number of carbonyl (C=O) groups is 1. The molecule has 0 aromatic carbocycles. The molecule has 1 atom stereocenters. The van der Waals surface area contributed by atoms with Crippen LogP contribution in [0.15, 0.2) is 53.7 Å². The average molecular weight is 409 g/mol. The Morgan fingerprint density at radius 3 is 2.83 bits per heavy atom. The van der Waals surface area contributed by atoms with Gasteiger partial charge in [0.25, 0.3) is 5.56 Å². The maximum absolute atomic E-state index is 12.5. The number of likely N-dealkylation sites (tertiary alicyclic amines) is 1. The summed E-state index contributed by atoms with van der Waals surface area (Å²) in [6.45, 7) is 5.34. The number of H-pyrrole nitrogens is 1. The number of morpholine rings is 1. The smallest absolute Gasteiger partial charge is 0.271 e. The molecule has 0 spiro atoms. The molecule has 2 saturated heterocycles. The quantitative estimate of drug-likeness (QED) is 0.700. The first-order chi connectivity index (χ1) is 14.7. The van der Waals surface area contributed by atoms with Crippen molar-refractivity contribution >= 4 is 11.6 Å². The highest BCUT2D eigenvalue weighted by Gasteiger charge is 2.25. The Morgan fingerprint density at radius 2 is 2.03 bits per heavy atom. The van der Waals surface area contributed by atoms with Crippen LogP contribution in [-0.4, -0.2) is 77.7 Å². The molecule has 2 fully saturated rings. The second kappa shape index (κ2) is 9.69. The Morgan fingerprint density at radius 1 is 1.23 bits per heavy atom. The van der Waals surface area contributed by atoms with Crippen molar-refractivity contribution in [2.45, 2.75) is 12.5 Å². The zero-order valence-corrected chi connectivity index (χ0v) is 16.9. The normalized spacial score (nSPS) is 20.0. The molecule has 0 bridgehead atoms. The van der Waals surface area contributed by atoms with E-state index in [2.05, 4.69) is 20.2 Å². The van der Waals surface area contributed by atoms with E-state index in [1.165, 1.54) is 0 Å². The van der Waals surface area contributed by atoms with Gasteiger partial charge in [-0.1, -0.05) is 6.08 Å². The fourth-order valence-corrected chi connectivity index (χ4v) is 3.79. The van der Waals surface area contributed by atoms with Crippen molar-refractivity contribution in [1.29, 1.82) is 0 Å². The summed E-state index contributed by atoms with van der Waals surface area (Å²) in [7, 11) is 0. The van der Waals surface area contributed by atoms with Crippen molar-refractivity contribution in [2.75, 3.05) is 51.3 Å². The summed E-state index contributed by atoms with van der Waals surface area (Å²) < 4.78 is 5.33. The van der Waals surface area contributed by atoms with E-state index in [0.29, 0.717) is 18.8 Å². The Labute approximate surface area is 175 Å². The van der Waals surface area contributed by atoms with Crippen LogP contribution in [0.2, 0.25) is 0 Å². The van der Waals surface area contributed by atoms with Crippen molar-refractivity contribution in [3.63, 3.8) is 0 Å². The number of aromatic nitrogens is 2. The molecule has 0 saturated carbocycles. The molecule has 1 amide bonds. The number of hydrogen-bond donors (Lipinski definition) is 2. The predicted molar refractivity (Wildman–Crippen MR) is 115 cm³/mol. The molecular weight excluding hydrogens is 382 g/mol. The maximum atomic E-state index is 12.5. The third kappa shape index (κ3) is 5.14. The van der Waals surface area contributed by atoms with E-state index in [1.54, 1.807) is 24.7 Å². The summed E-state index contributed by atoms with van der Waals surface area (Å²) in [6, 6.07) is 5.70. The molecule has 8 nitrogen and oxygen atoms in total. The number of rotatable bonds is 6. The highest BCUT2D eigenvalue weighted by Crippen LogP contribution is 2.20. The average Bonchev–Trinajstić information content (AvgIpc) is 3.25. The van der Waals surface area contributed by atoms with Gasteiger partial charge in [-0.3, -0.25) is 19.5 Å². The van der Waals surface area contributed by atoms with E-state index < -0.39 is 0 Å². The van der Waals surface area contributed by atoms with Gasteiger partial charge < -0.3 is 19.9 Å². The molecule has 2 N–H and O–H groups in total. The number of amides is 1. The lowest BCUT2D eigenvalue weighted by Gasteiger charge is -2.25. The summed E-state index contributed by atoms with van der Waals surface area (Å²) in [5.74, 6) is 0.0204. The number of nitrogens with one attached hydrogen (secondary N) is 2. The molecule has 30 heavy (non-hydrogen) atoms. The number of hydrogen-bond acceptors (Lipinski definition) is 6. The van der Waals surface area contributed by atoms with Crippen LogP contribution in [0.25, 0.3) is 11.1 Å². The predicted octanol–water partition coefficient (Wildman–Crippen LogP) is 1.34. The van der Waals surface area contributed by atoms with Gasteiger partial charge in [0, 0.05) is 69.0 Å². The highest BCUT2D eigenvalue weighted by atomic mass is 16.5. The first kappa shape index (κ1) is 20.3. The lowest BCUT2D eigenvalue weighted by molar-refractivity contribution is -0.125. The zero-order valence-electron chi connectivity index (χ0n) is 16.9. The highest BCUT2D eigenvalue weighted by molar-refractivity contribution is 5.87. The molecule has 8 heteroatoms. The van der Waals surface area contributed by atoms with Gasteiger partial charge >= 0.3 is 0 Å². The summed E-state index contributed by atoms with van der Waals surface area (Å²) in [6.07, 6.45) is 9.54. The first-order valence-electron chi connectivity index (χ1n) is 10.3. The van der Waals surface area contributed by atoms with Gasteiger partial charge in [-0.05, 0) is 30.2 Å². The van der Waals surface area contributed by atoms with Gasteiger partial charge in [-0.2, -0.15) is 0 Å². The van der Waals surface area contributed by atoms with Gasteiger partial charge in [0.05, 0.1) is 13.2 Å². The van der Waals surface area contributed by atoms with Crippen LogP contribution < -0.4 is 10.9 Å². The number of carbonyl (C=O) groups excluding carboxylic acids is 1. The molecule has 0 unspecified atom stereocenters. The second-order valence-corrected chi connectivity index (χ2v) is 7.60. The Kier molecular flexibility index (Phi) is 6.56. The number of pyridine rings is 2. The van der Waals surface area contributed by atoms with E-state index in [1.807, 2.05) is 29.2 Å². The zero-order chi connectivity index (χ0) is 20.8. The Hall–Kier alpha value is -2.97. The molecule has 158 valence electrons. The van der Waals surface area contributed by atoms with Crippen LogP contribution >= 0.6 is 0 Å². The number of aromatic amines is 1. The van der Waals surface area contributed by atoms with Gasteiger partial charge in [0.2, 0.25) is 5.91 Å². The lowest BCUT2D eigenvalue weighted by Crippen LogP contribution is -2.36. The molecular formula is C22H27N5O3. The summed E-state index contributed by atoms with van der Waals surface area (Å²) >= 11 is 0. The van der Waals surface area contributed by atoms with E-state index in [-0.39, 0.29) is 17.5 Å². The van der Waals surface area contributed by atoms with Gasteiger partial charge in [0.1, 0.15) is 5.69 Å². The van der Waals surface area contributed by atoms with E-state index in [0.717, 1.165) is 50.4 Å². The topological polar surface area (TPSA) is 90.6 Å². The molecule has 2 aliphatic heterocycles. The minimum atomic E-state index is -0.164. The lowest BCUT2D eigenvalue weighted by atomic mass is 10.1. The summed E-state index contributed by atoms with van der Waals surface area (Å²) in [5, 5.41) is 3.31.